The highest BCUT2D eigenvalue weighted by Crippen LogP contribution is 2.31. The largest absolute Gasteiger partial charge is 0.482 e. The van der Waals surface area contributed by atoms with E-state index < -0.39 is 36.3 Å². The van der Waals surface area contributed by atoms with Crippen LogP contribution in [0, 0.1) is 18.7 Å². The molecule has 1 unspecified atom stereocenters. The lowest BCUT2D eigenvalue weighted by molar-refractivity contribution is -0.153. The van der Waals surface area contributed by atoms with E-state index in [-0.39, 0.29) is 30.1 Å². The van der Waals surface area contributed by atoms with Crippen molar-refractivity contribution in [1.29, 1.82) is 0 Å². The molecule has 0 aromatic heterocycles. The Morgan fingerprint density at radius 3 is 2.66 bits per heavy atom. The molecular weight excluding hydrogens is 392 g/mol. The fourth-order valence-corrected chi connectivity index (χ4v) is 3.04. The van der Waals surface area contributed by atoms with E-state index in [0.717, 1.165) is 0 Å². The first-order valence-electron chi connectivity index (χ1n) is 8.80. The molecule has 0 spiro atoms. The molecule has 1 saturated heterocycles. The Morgan fingerprint density at radius 2 is 1.97 bits per heavy atom. The summed E-state index contributed by atoms with van der Waals surface area (Å²) in [6.07, 6.45) is -4.65. The van der Waals surface area contributed by atoms with Gasteiger partial charge in [0.05, 0.1) is 17.3 Å². The van der Waals surface area contributed by atoms with Crippen molar-refractivity contribution < 1.29 is 31.9 Å². The van der Waals surface area contributed by atoms with E-state index in [1.54, 1.807) is 13.0 Å². The summed E-state index contributed by atoms with van der Waals surface area (Å²) < 4.78 is 56.1. The lowest BCUT2D eigenvalue weighted by Crippen LogP contribution is -2.29. The number of ether oxygens (including phenoxy) is 1. The first kappa shape index (κ1) is 20.6. The quantitative estimate of drug-likeness (QED) is 0.757. The summed E-state index contributed by atoms with van der Waals surface area (Å²) in [5.41, 5.74) is 0.849. The number of hydrogen-bond acceptors (Lipinski definition) is 3. The van der Waals surface area contributed by atoms with Gasteiger partial charge in [-0.15, -0.1) is 0 Å². The summed E-state index contributed by atoms with van der Waals surface area (Å²) in [6, 6.07) is 10.1. The smallest absolute Gasteiger partial charge is 0.422 e. The topological polar surface area (TPSA) is 58.6 Å². The van der Waals surface area contributed by atoms with E-state index in [1.165, 1.54) is 41.3 Å². The number of carbonyl (C=O) groups is 2. The zero-order valence-electron chi connectivity index (χ0n) is 15.4. The Bertz CT molecular complexity index is 930. The van der Waals surface area contributed by atoms with Crippen LogP contribution in [0.15, 0.2) is 42.5 Å². The molecule has 0 bridgehead atoms. The number of benzene rings is 2. The number of anilines is 2. The highest BCUT2D eigenvalue weighted by atomic mass is 19.4. The maximum Gasteiger partial charge on any atom is 0.422 e. The number of aryl methyl sites for hydroxylation is 1. The van der Waals surface area contributed by atoms with Crippen molar-refractivity contribution in [3.63, 3.8) is 0 Å². The zero-order valence-corrected chi connectivity index (χ0v) is 15.4. The van der Waals surface area contributed by atoms with Crippen LogP contribution in [0.1, 0.15) is 12.0 Å². The van der Waals surface area contributed by atoms with Crippen molar-refractivity contribution in [2.75, 3.05) is 23.4 Å². The van der Waals surface area contributed by atoms with Crippen molar-refractivity contribution >= 4 is 23.2 Å². The van der Waals surface area contributed by atoms with E-state index in [4.69, 9.17) is 4.74 Å². The lowest BCUT2D eigenvalue weighted by atomic mass is 10.1. The minimum atomic E-state index is -4.52. The molecule has 154 valence electrons. The Morgan fingerprint density at radius 1 is 1.24 bits per heavy atom. The molecule has 0 saturated carbocycles. The van der Waals surface area contributed by atoms with Crippen molar-refractivity contribution in [2.45, 2.75) is 19.5 Å². The van der Waals surface area contributed by atoms with Gasteiger partial charge in [0.15, 0.2) is 6.61 Å². The van der Waals surface area contributed by atoms with Gasteiger partial charge in [0.1, 0.15) is 11.6 Å². The number of alkyl halides is 3. The molecule has 2 aromatic carbocycles. The summed E-state index contributed by atoms with van der Waals surface area (Å²) in [6.45, 7) is 0.186. The molecule has 9 heteroatoms. The molecule has 5 nitrogen and oxygen atoms in total. The van der Waals surface area contributed by atoms with Crippen molar-refractivity contribution in [2.24, 2.45) is 5.92 Å². The summed E-state index contributed by atoms with van der Waals surface area (Å²) in [5, 5.41) is 2.50. The van der Waals surface area contributed by atoms with E-state index in [2.05, 4.69) is 5.32 Å². The van der Waals surface area contributed by atoms with E-state index in [9.17, 15) is 27.2 Å². The minimum absolute atomic E-state index is 0.0315. The minimum Gasteiger partial charge on any atom is -0.482 e. The third-order valence-corrected chi connectivity index (χ3v) is 4.43. The Kier molecular flexibility index (Phi) is 5.76. The highest BCUT2D eigenvalue weighted by molar-refractivity contribution is 6.04. The molecule has 0 aliphatic carbocycles. The van der Waals surface area contributed by atoms with Crippen molar-refractivity contribution in [3.05, 3.63) is 53.8 Å². The Labute approximate surface area is 164 Å². The van der Waals surface area contributed by atoms with Crippen LogP contribution in [0.25, 0.3) is 0 Å². The average Bonchev–Trinajstić information content (AvgIpc) is 3.02. The molecule has 2 amide bonds. The second-order valence-corrected chi connectivity index (χ2v) is 6.75. The number of halogens is 4. The lowest BCUT2D eigenvalue weighted by Gasteiger charge is -2.18. The summed E-state index contributed by atoms with van der Waals surface area (Å²) >= 11 is 0. The van der Waals surface area contributed by atoms with Crippen molar-refractivity contribution in [3.8, 4) is 5.75 Å². The van der Waals surface area contributed by atoms with Crippen LogP contribution in [0.5, 0.6) is 5.75 Å². The molecule has 1 N–H and O–H groups in total. The number of rotatable bonds is 5. The maximum absolute atomic E-state index is 14.2. The van der Waals surface area contributed by atoms with E-state index in [0.29, 0.717) is 5.56 Å². The van der Waals surface area contributed by atoms with Crippen LogP contribution in [0.4, 0.5) is 28.9 Å². The molecule has 2 aromatic rings. The predicted octanol–water partition coefficient (Wildman–Crippen LogP) is 4.07. The van der Waals surface area contributed by atoms with Gasteiger partial charge in [0, 0.05) is 13.0 Å². The average molecular weight is 410 g/mol. The normalized spacial score (nSPS) is 16.8. The molecule has 29 heavy (non-hydrogen) atoms. The Hall–Kier alpha value is -3.10. The van der Waals surface area contributed by atoms with Gasteiger partial charge in [-0.1, -0.05) is 18.2 Å². The SMILES string of the molecule is Cc1ccc(N2CC(C(=O)Nc3ccccc3OCC(F)(F)F)CC2=O)c(F)c1. The van der Waals surface area contributed by atoms with Crippen LogP contribution in [-0.2, 0) is 9.59 Å². The van der Waals surface area contributed by atoms with Gasteiger partial charge in [-0.2, -0.15) is 13.2 Å². The van der Waals surface area contributed by atoms with Crippen LogP contribution in [-0.4, -0.2) is 31.1 Å². The molecule has 1 atom stereocenters. The van der Waals surface area contributed by atoms with Crippen molar-refractivity contribution in [1.82, 2.24) is 0 Å². The summed E-state index contributed by atoms with van der Waals surface area (Å²) in [7, 11) is 0. The summed E-state index contributed by atoms with van der Waals surface area (Å²) in [5.74, 6) is -2.45. The third kappa shape index (κ3) is 5.04. The molecule has 3 rings (SSSR count). The number of hydrogen-bond donors (Lipinski definition) is 1. The Balaban J connectivity index is 1.70. The second kappa shape index (κ2) is 8.10. The van der Waals surface area contributed by atoms with E-state index in [1.807, 2.05) is 0 Å². The van der Waals surface area contributed by atoms with Crippen LogP contribution in [0.3, 0.4) is 0 Å². The first-order chi connectivity index (χ1) is 13.6. The van der Waals surface area contributed by atoms with Crippen LogP contribution >= 0.6 is 0 Å². The summed E-state index contributed by atoms with van der Waals surface area (Å²) in [4.78, 5) is 26.1. The van der Waals surface area contributed by atoms with Crippen LogP contribution < -0.4 is 15.0 Å². The van der Waals surface area contributed by atoms with Gasteiger partial charge < -0.3 is 15.0 Å². The number of nitrogens with one attached hydrogen (secondary N) is 1. The molecule has 1 aliphatic rings. The molecule has 1 heterocycles. The monoisotopic (exact) mass is 410 g/mol. The number of amides is 2. The molecular formula is C20H18F4N2O3. The standard InChI is InChI=1S/C20H18F4N2O3/c1-12-6-7-16(14(21)8-12)26-10-13(9-18(26)27)19(28)25-15-4-2-3-5-17(15)29-11-20(22,23)24/h2-8,13H,9-11H2,1H3,(H,25,28). The maximum atomic E-state index is 14.2. The molecule has 1 fully saturated rings. The van der Waals surface area contributed by atoms with Crippen LogP contribution in [0.2, 0.25) is 0 Å². The van der Waals surface area contributed by atoms with Gasteiger partial charge >= 0.3 is 6.18 Å². The number of carbonyl (C=O) groups excluding carboxylic acids is 2. The molecule has 1 aliphatic heterocycles. The van der Waals surface area contributed by atoms with Gasteiger partial charge in [-0.25, -0.2) is 4.39 Å². The fourth-order valence-electron chi connectivity index (χ4n) is 3.04. The third-order valence-electron chi connectivity index (χ3n) is 4.43. The zero-order chi connectivity index (χ0) is 21.2. The van der Waals surface area contributed by atoms with Gasteiger partial charge in [-0.05, 0) is 36.8 Å². The molecule has 0 radical (unpaired) electrons. The fraction of sp³-hybridized carbons (Fsp3) is 0.300. The van der Waals surface area contributed by atoms with Gasteiger partial charge in [-0.3, -0.25) is 9.59 Å². The van der Waals surface area contributed by atoms with Gasteiger partial charge in [0.25, 0.3) is 0 Å². The number of nitrogens with zero attached hydrogens (tertiary/aromatic N) is 1. The highest BCUT2D eigenvalue weighted by Gasteiger charge is 2.36. The second-order valence-electron chi connectivity index (χ2n) is 6.75. The van der Waals surface area contributed by atoms with E-state index >= 15 is 0 Å². The van der Waals surface area contributed by atoms with Gasteiger partial charge in [0.2, 0.25) is 11.8 Å². The number of para-hydroxylation sites is 2. The first-order valence-corrected chi connectivity index (χ1v) is 8.80. The predicted molar refractivity (Wildman–Crippen MR) is 98.2 cm³/mol.